The van der Waals surface area contributed by atoms with E-state index in [1.807, 2.05) is 0 Å². The molecule has 0 unspecified atom stereocenters. The van der Waals surface area contributed by atoms with Crippen molar-refractivity contribution in [3.8, 4) is 0 Å². The standard InChI is InChI=1S/C19H26ClN3O5S/c1-19(2,3)28-18(25)22-7-9-27-11-10-26-8-6-21-16(24)13-4-5-14-15(12-13)29-17(20)23-14/h4-5,12H,6-11H2,1-3H3,(H,21,24)(H,22,25). The summed E-state index contributed by atoms with van der Waals surface area (Å²) < 4.78 is 17.2. The fraction of sp³-hybridized carbons (Fsp3) is 0.526. The van der Waals surface area contributed by atoms with Crippen molar-refractivity contribution in [3.63, 3.8) is 0 Å². The molecule has 0 saturated carbocycles. The van der Waals surface area contributed by atoms with E-state index in [4.69, 9.17) is 25.8 Å². The lowest BCUT2D eigenvalue weighted by Crippen LogP contribution is -2.34. The number of halogens is 1. The van der Waals surface area contributed by atoms with E-state index < -0.39 is 11.7 Å². The zero-order valence-corrected chi connectivity index (χ0v) is 18.3. The topological polar surface area (TPSA) is 98.8 Å². The minimum absolute atomic E-state index is 0.176. The van der Waals surface area contributed by atoms with Crippen LogP contribution in [0.1, 0.15) is 31.1 Å². The second-order valence-corrected chi connectivity index (χ2v) is 8.67. The summed E-state index contributed by atoms with van der Waals surface area (Å²) in [6.45, 7) is 7.69. The molecular formula is C19H26ClN3O5S. The van der Waals surface area contributed by atoms with E-state index in [9.17, 15) is 9.59 Å². The van der Waals surface area contributed by atoms with Gasteiger partial charge in [-0.25, -0.2) is 9.78 Å². The smallest absolute Gasteiger partial charge is 0.407 e. The first-order valence-electron chi connectivity index (χ1n) is 9.21. The summed E-state index contributed by atoms with van der Waals surface area (Å²) in [7, 11) is 0. The third-order valence-corrected chi connectivity index (χ3v) is 4.57. The summed E-state index contributed by atoms with van der Waals surface area (Å²) >= 11 is 7.22. The molecule has 1 heterocycles. The molecular weight excluding hydrogens is 418 g/mol. The minimum Gasteiger partial charge on any atom is -0.444 e. The molecule has 1 aromatic carbocycles. The summed E-state index contributed by atoms with van der Waals surface area (Å²) in [5.74, 6) is -0.176. The maximum absolute atomic E-state index is 12.2. The van der Waals surface area contributed by atoms with Crippen molar-refractivity contribution in [3.05, 3.63) is 28.2 Å². The van der Waals surface area contributed by atoms with Gasteiger partial charge in [-0.1, -0.05) is 11.6 Å². The molecule has 2 aromatic rings. The highest BCUT2D eigenvalue weighted by Gasteiger charge is 2.15. The van der Waals surface area contributed by atoms with Crippen molar-refractivity contribution in [1.29, 1.82) is 0 Å². The van der Waals surface area contributed by atoms with Gasteiger partial charge >= 0.3 is 6.09 Å². The lowest BCUT2D eigenvalue weighted by Gasteiger charge is -2.19. The number of benzene rings is 1. The van der Waals surface area contributed by atoms with Gasteiger partial charge in [0.1, 0.15) is 5.60 Å². The number of hydrogen-bond donors (Lipinski definition) is 2. The highest BCUT2D eigenvalue weighted by atomic mass is 35.5. The number of carbonyl (C=O) groups excluding carboxylic acids is 2. The minimum atomic E-state index is -0.518. The van der Waals surface area contributed by atoms with Gasteiger partial charge in [-0.2, -0.15) is 0 Å². The number of ether oxygens (including phenoxy) is 3. The van der Waals surface area contributed by atoms with Gasteiger partial charge in [0.25, 0.3) is 5.91 Å². The molecule has 0 aliphatic heterocycles. The van der Waals surface area contributed by atoms with Crippen LogP contribution >= 0.6 is 22.9 Å². The number of hydrogen-bond acceptors (Lipinski definition) is 7. The number of amides is 2. The van der Waals surface area contributed by atoms with Crippen LogP contribution in [-0.2, 0) is 14.2 Å². The molecule has 10 heteroatoms. The first-order valence-corrected chi connectivity index (χ1v) is 10.4. The number of alkyl carbamates (subject to hydrolysis) is 1. The third kappa shape index (κ3) is 8.95. The summed E-state index contributed by atoms with van der Waals surface area (Å²) in [4.78, 5) is 27.7. The molecule has 2 N–H and O–H groups in total. The predicted octanol–water partition coefficient (Wildman–Crippen LogP) is 3.24. The molecule has 0 radical (unpaired) electrons. The van der Waals surface area contributed by atoms with Gasteiger partial charge in [0, 0.05) is 18.7 Å². The molecule has 2 rings (SSSR count). The Labute approximate surface area is 178 Å². The number of carbonyl (C=O) groups is 2. The van der Waals surface area contributed by atoms with E-state index in [1.165, 1.54) is 11.3 Å². The first kappa shape index (κ1) is 23.3. The summed E-state index contributed by atoms with van der Waals surface area (Å²) in [5.41, 5.74) is 0.815. The molecule has 0 saturated heterocycles. The summed E-state index contributed by atoms with van der Waals surface area (Å²) in [6.07, 6.45) is -0.467. The predicted molar refractivity (Wildman–Crippen MR) is 113 cm³/mol. The SMILES string of the molecule is CC(C)(C)OC(=O)NCCOCCOCCNC(=O)c1ccc2nc(Cl)sc2c1. The summed E-state index contributed by atoms with van der Waals surface area (Å²) in [6, 6.07) is 5.26. The Kier molecular flexibility index (Phi) is 9.09. The molecule has 0 bridgehead atoms. The number of thiazole rings is 1. The van der Waals surface area contributed by atoms with Gasteiger partial charge in [0.05, 0.1) is 36.6 Å². The highest BCUT2D eigenvalue weighted by molar-refractivity contribution is 7.22. The molecule has 0 spiro atoms. The van der Waals surface area contributed by atoms with Crippen LogP contribution in [0.15, 0.2) is 18.2 Å². The van der Waals surface area contributed by atoms with Gasteiger partial charge < -0.3 is 24.8 Å². The number of nitrogens with one attached hydrogen (secondary N) is 2. The third-order valence-electron chi connectivity index (χ3n) is 3.44. The molecule has 2 amide bonds. The number of rotatable bonds is 10. The van der Waals surface area contributed by atoms with Gasteiger partial charge in [-0.3, -0.25) is 4.79 Å². The molecule has 160 valence electrons. The second kappa shape index (κ2) is 11.3. The fourth-order valence-electron chi connectivity index (χ4n) is 2.24. The highest BCUT2D eigenvalue weighted by Crippen LogP contribution is 2.26. The lowest BCUT2D eigenvalue weighted by atomic mass is 10.2. The quantitative estimate of drug-likeness (QED) is 0.547. The van der Waals surface area contributed by atoms with E-state index in [2.05, 4.69) is 15.6 Å². The van der Waals surface area contributed by atoms with Crippen molar-refractivity contribution in [2.75, 3.05) is 39.5 Å². The van der Waals surface area contributed by atoms with Crippen LogP contribution in [0.3, 0.4) is 0 Å². The Bertz CT molecular complexity index is 822. The Morgan fingerprint density at radius 1 is 1.07 bits per heavy atom. The van der Waals surface area contributed by atoms with Crippen molar-refractivity contribution < 1.29 is 23.8 Å². The Morgan fingerprint density at radius 3 is 2.38 bits per heavy atom. The Balaban J connectivity index is 1.49. The monoisotopic (exact) mass is 443 g/mol. The van der Waals surface area contributed by atoms with E-state index >= 15 is 0 Å². The van der Waals surface area contributed by atoms with Crippen LogP contribution in [0.4, 0.5) is 4.79 Å². The average Bonchev–Trinajstić information content (AvgIpc) is 3.00. The molecule has 0 aliphatic carbocycles. The lowest BCUT2D eigenvalue weighted by molar-refractivity contribution is 0.0400. The zero-order valence-electron chi connectivity index (χ0n) is 16.7. The maximum atomic E-state index is 12.2. The molecule has 0 aliphatic rings. The van der Waals surface area contributed by atoms with Crippen LogP contribution in [-0.4, -0.2) is 62.1 Å². The Hall–Kier alpha value is -1.94. The molecule has 29 heavy (non-hydrogen) atoms. The maximum Gasteiger partial charge on any atom is 0.407 e. The fourth-order valence-corrected chi connectivity index (χ4v) is 3.31. The average molecular weight is 444 g/mol. The van der Waals surface area contributed by atoms with Crippen LogP contribution in [0.25, 0.3) is 10.2 Å². The molecule has 0 fully saturated rings. The molecule has 1 aromatic heterocycles. The van der Waals surface area contributed by atoms with E-state index in [0.29, 0.717) is 49.5 Å². The molecule has 0 atom stereocenters. The van der Waals surface area contributed by atoms with E-state index in [-0.39, 0.29) is 5.91 Å². The van der Waals surface area contributed by atoms with E-state index in [1.54, 1.807) is 39.0 Å². The number of aromatic nitrogens is 1. The van der Waals surface area contributed by atoms with Crippen molar-refractivity contribution in [1.82, 2.24) is 15.6 Å². The van der Waals surface area contributed by atoms with Crippen LogP contribution in [0.2, 0.25) is 4.47 Å². The Morgan fingerprint density at radius 2 is 1.72 bits per heavy atom. The van der Waals surface area contributed by atoms with Gasteiger partial charge in [0.2, 0.25) is 0 Å². The largest absolute Gasteiger partial charge is 0.444 e. The number of fused-ring (bicyclic) bond motifs is 1. The van der Waals surface area contributed by atoms with Crippen molar-refractivity contribution in [2.24, 2.45) is 0 Å². The number of nitrogens with zero attached hydrogens (tertiary/aromatic N) is 1. The normalized spacial score (nSPS) is 11.4. The van der Waals surface area contributed by atoms with Crippen molar-refractivity contribution in [2.45, 2.75) is 26.4 Å². The van der Waals surface area contributed by atoms with Crippen LogP contribution in [0, 0.1) is 0 Å². The van der Waals surface area contributed by atoms with Gasteiger partial charge in [-0.05, 0) is 39.0 Å². The first-order chi connectivity index (χ1) is 13.7. The van der Waals surface area contributed by atoms with E-state index in [0.717, 1.165) is 10.2 Å². The summed E-state index contributed by atoms with van der Waals surface area (Å²) in [5, 5.41) is 5.40. The molecule has 8 nitrogen and oxygen atoms in total. The van der Waals surface area contributed by atoms with Crippen LogP contribution < -0.4 is 10.6 Å². The zero-order chi connectivity index (χ0) is 21.3. The second-order valence-electron chi connectivity index (χ2n) is 7.06. The van der Waals surface area contributed by atoms with Gasteiger partial charge in [-0.15, -0.1) is 11.3 Å². The van der Waals surface area contributed by atoms with Crippen molar-refractivity contribution >= 4 is 45.2 Å². The van der Waals surface area contributed by atoms with Crippen LogP contribution in [0.5, 0.6) is 0 Å². The van der Waals surface area contributed by atoms with Gasteiger partial charge in [0.15, 0.2) is 4.47 Å².